The van der Waals surface area contributed by atoms with Gasteiger partial charge in [-0.05, 0) is 13.0 Å². The first-order valence-electron chi connectivity index (χ1n) is 5.24. The number of hydrogen-bond acceptors (Lipinski definition) is 4. The first-order valence-corrected chi connectivity index (χ1v) is 6.64. The predicted octanol–water partition coefficient (Wildman–Crippen LogP) is -0.632. The average molecular weight is 293 g/mol. The molecule has 110 valence electrons. The van der Waals surface area contributed by atoms with Crippen LogP contribution < -0.4 is 5.73 Å². The minimum absolute atomic E-state index is 0.0264. The second-order valence-electron chi connectivity index (χ2n) is 3.64. The van der Waals surface area contributed by atoms with Crippen molar-refractivity contribution in [3.05, 3.63) is 0 Å². The zero-order chi connectivity index (χ0) is 14.4. The third-order valence-electron chi connectivity index (χ3n) is 2.10. The summed E-state index contributed by atoms with van der Waals surface area (Å²) in [5.74, 6) is 0. The largest absolute Gasteiger partial charge is 0.402 e. The summed E-state index contributed by atoms with van der Waals surface area (Å²) in [6, 6.07) is 0. The van der Waals surface area contributed by atoms with Gasteiger partial charge in [-0.15, -0.1) is 0 Å². The summed E-state index contributed by atoms with van der Waals surface area (Å²) in [5.41, 5.74) is 5.20. The summed E-state index contributed by atoms with van der Waals surface area (Å²) < 4.78 is 61.3. The quantitative estimate of drug-likeness (QED) is 0.624. The Hall–Kier alpha value is -0.420. The Labute approximate surface area is 104 Å². The third-order valence-corrected chi connectivity index (χ3v) is 4.04. The van der Waals surface area contributed by atoms with Crippen molar-refractivity contribution in [2.75, 3.05) is 39.8 Å². The molecule has 10 heteroatoms. The molecule has 0 aromatic carbocycles. The van der Waals surface area contributed by atoms with Gasteiger partial charge in [0, 0.05) is 20.1 Å². The van der Waals surface area contributed by atoms with E-state index in [2.05, 4.69) is 0 Å². The van der Waals surface area contributed by atoms with Crippen LogP contribution >= 0.6 is 0 Å². The van der Waals surface area contributed by atoms with Gasteiger partial charge in [0.2, 0.25) is 0 Å². The van der Waals surface area contributed by atoms with E-state index in [0.29, 0.717) is 6.42 Å². The van der Waals surface area contributed by atoms with Gasteiger partial charge >= 0.3 is 6.18 Å². The Morgan fingerprint density at radius 2 is 1.83 bits per heavy atom. The normalized spacial score (nSPS) is 13.6. The highest BCUT2D eigenvalue weighted by Crippen LogP contribution is 2.19. The van der Waals surface area contributed by atoms with Crippen molar-refractivity contribution in [3.63, 3.8) is 0 Å². The number of nitrogens with zero attached hydrogens (tertiary/aromatic N) is 2. The lowest BCUT2D eigenvalue weighted by Crippen LogP contribution is -2.47. The van der Waals surface area contributed by atoms with Crippen molar-refractivity contribution >= 4 is 10.2 Å². The fourth-order valence-corrected chi connectivity index (χ4v) is 2.59. The predicted molar refractivity (Wildman–Crippen MR) is 59.9 cm³/mol. The van der Waals surface area contributed by atoms with E-state index in [9.17, 15) is 21.6 Å². The molecule has 0 spiro atoms. The van der Waals surface area contributed by atoms with Gasteiger partial charge in [0.05, 0.1) is 6.61 Å². The van der Waals surface area contributed by atoms with Crippen LogP contribution in [0.1, 0.15) is 6.42 Å². The zero-order valence-electron chi connectivity index (χ0n) is 10.0. The zero-order valence-corrected chi connectivity index (χ0v) is 10.8. The molecule has 0 atom stereocenters. The van der Waals surface area contributed by atoms with Crippen molar-refractivity contribution in [1.82, 2.24) is 8.61 Å². The maximum absolute atomic E-state index is 12.2. The van der Waals surface area contributed by atoms with Crippen LogP contribution in [0.15, 0.2) is 0 Å². The molecule has 18 heavy (non-hydrogen) atoms. The Kier molecular flexibility index (Phi) is 7.07. The Bertz CT molecular complexity index is 334. The third kappa shape index (κ3) is 5.96. The number of halogens is 3. The van der Waals surface area contributed by atoms with Gasteiger partial charge in [-0.25, -0.2) is 0 Å². The number of aliphatic hydroxyl groups excluding tert-OH is 1. The van der Waals surface area contributed by atoms with Crippen LogP contribution in [0.3, 0.4) is 0 Å². The molecule has 0 fully saturated rings. The fourth-order valence-electron chi connectivity index (χ4n) is 1.21. The minimum Gasteiger partial charge on any atom is -0.395 e. The lowest BCUT2D eigenvalue weighted by Gasteiger charge is -2.27. The van der Waals surface area contributed by atoms with Crippen LogP contribution in [0.5, 0.6) is 0 Å². The van der Waals surface area contributed by atoms with E-state index in [4.69, 9.17) is 10.8 Å². The highest BCUT2D eigenvalue weighted by atomic mass is 32.2. The van der Waals surface area contributed by atoms with Crippen LogP contribution in [0, 0.1) is 0 Å². The molecule has 0 heterocycles. The molecule has 6 nitrogen and oxygen atoms in total. The number of nitrogens with two attached hydrogens (primary N) is 1. The molecule has 0 aliphatic rings. The van der Waals surface area contributed by atoms with E-state index in [0.717, 1.165) is 4.31 Å². The SMILES string of the molecule is CN(CCCN)S(=O)(=O)N(CCO)CC(F)(F)F. The van der Waals surface area contributed by atoms with Crippen LogP contribution in [-0.2, 0) is 10.2 Å². The molecule has 0 saturated heterocycles. The number of aliphatic hydroxyl groups is 1. The summed E-state index contributed by atoms with van der Waals surface area (Å²) in [5, 5.41) is 8.64. The molecule has 0 aromatic rings. The van der Waals surface area contributed by atoms with E-state index < -0.39 is 36.1 Å². The maximum atomic E-state index is 12.2. The smallest absolute Gasteiger partial charge is 0.395 e. The van der Waals surface area contributed by atoms with Crippen LogP contribution in [0.2, 0.25) is 0 Å². The summed E-state index contributed by atoms with van der Waals surface area (Å²) in [7, 11) is -3.07. The van der Waals surface area contributed by atoms with E-state index in [1.54, 1.807) is 0 Å². The highest BCUT2D eigenvalue weighted by Gasteiger charge is 2.37. The van der Waals surface area contributed by atoms with Crippen LogP contribution in [-0.4, -0.2) is 68.1 Å². The van der Waals surface area contributed by atoms with Gasteiger partial charge < -0.3 is 10.8 Å². The average Bonchev–Trinajstić information content (AvgIpc) is 2.23. The van der Waals surface area contributed by atoms with Crippen molar-refractivity contribution in [2.24, 2.45) is 5.73 Å². The molecule has 0 rings (SSSR count). The molecule has 0 amide bonds. The molecule has 0 radical (unpaired) electrons. The molecule has 0 unspecified atom stereocenters. The summed E-state index contributed by atoms with van der Waals surface area (Å²) in [6.45, 7) is -2.64. The topological polar surface area (TPSA) is 86.9 Å². The van der Waals surface area contributed by atoms with Gasteiger partial charge in [0.1, 0.15) is 6.54 Å². The molecular weight excluding hydrogens is 275 g/mol. The second kappa shape index (κ2) is 7.24. The summed E-state index contributed by atoms with van der Waals surface area (Å²) >= 11 is 0. The van der Waals surface area contributed by atoms with Crippen LogP contribution in [0.4, 0.5) is 13.2 Å². The highest BCUT2D eigenvalue weighted by molar-refractivity contribution is 7.86. The van der Waals surface area contributed by atoms with E-state index >= 15 is 0 Å². The lowest BCUT2D eigenvalue weighted by atomic mass is 10.4. The minimum atomic E-state index is -4.66. The van der Waals surface area contributed by atoms with Crippen molar-refractivity contribution in [3.8, 4) is 0 Å². The molecule has 3 N–H and O–H groups in total. The molecule has 0 bridgehead atoms. The summed E-state index contributed by atoms with van der Waals surface area (Å²) in [4.78, 5) is 0. The maximum Gasteiger partial charge on any atom is 0.402 e. The first kappa shape index (κ1) is 17.6. The van der Waals surface area contributed by atoms with E-state index in [1.165, 1.54) is 7.05 Å². The monoisotopic (exact) mass is 293 g/mol. The van der Waals surface area contributed by atoms with Gasteiger partial charge in [-0.3, -0.25) is 0 Å². The van der Waals surface area contributed by atoms with Gasteiger partial charge in [-0.1, -0.05) is 0 Å². The van der Waals surface area contributed by atoms with E-state index in [-0.39, 0.29) is 17.4 Å². The Morgan fingerprint density at radius 1 is 1.28 bits per heavy atom. The first-order chi connectivity index (χ1) is 8.15. The number of alkyl halides is 3. The Morgan fingerprint density at radius 3 is 2.22 bits per heavy atom. The number of hydrogen-bond donors (Lipinski definition) is 2. The van der Waals surface area contributed by atoms with E-state index in [1.807, 2.05) is 0 Å². The standard InChI is InChI=1S/C8H18F3N3O3S/c1-13(4-2-3-12)18(16,17)14(5-6-15)7-8(9,10)11/h15H,2-7,12H2,1H3. The second-order valence-corrected chi connectivity index (χ2v) is 5.68. The molecule has 0 aromatic heterocycles. The van der Waals surface area contributed by atoms with Crippen LogP contribution in [0.25, 0.3) is 0 Å². The van der Waals surface area contributed by atoms with Crippen molar-refractivity contribution in [1.29, 1.82) is 0 Å². The van der Waals surface area contributed by atoms with Gasteiger partial charge in [0.25, 0.3) is 10.2 Å². The Balaban J connectivity index is 4.86. The van der Waals surface area contributed by atoms with Crippen molar-refractivity contribution in [2.45, 2.75) is 12.6 Å². The van der Waals surface area contributed by atoms with Gasteiger partial charge in [0.15, 0.2) is 0 Å². The molecule has 0 saturated carbocycles. The van der Waals surface area contributed by atoms with Crippen molar-refractivity contribution < 1.29 is 26.7 Å². The number of rotatable bonds is 8. The summed E-state index contributed by atoms with van der Waals surface area (Å²) in [6.07, 6.45) is -4.31. The molecule has 0 aliphatic heterocycles. The molecule has 0 aliphatic carbocycles. The fraction of sp³-hybridized carbons (Fsp3) is 1.00. The molecular formula is C8H18F3N3O3S. The lowest BCUT2D eigenvalue weighted by molar-refractivity contribution is -0.137. The van der Waals surface area contributed by atoms with Gasteiger partial charge in [-0.2, -0.15) is 30.2 Å².